The maximum absolute atomic E-state index is 12.3. The van der Waals surface area contributed by atoms with Crippen LogP contribution in [0.4, 0.5) is 11.4 Å². The number of hydrogen-bond donors (Lipinski definition) is 1. The monoisotopic (exact) mass is 315 g/mol. The summed E-state index contributed by atoms with van der Waals surface area (Å²) in [6.07, 6.45) is 3.84. The summed E-state index contributed by atoms with van der Waals surface area (Å²) in [7, 11) is 0. The second-order valence-electron chi connectivity index (χ2n) is 7.43. The van der Waals surface area contributed by atoms with Crippen molar-refractivity contribution < 1.29 is 4.79 Å². The fourth-order valence-corrected chi connectivity index (χ4v) is 4.06. The van der Waals surface area contributed by atoms with Gasteiger partial charge in [0, 0.05) is 37.6 Å². The molecule has 4 nitrogen and oxygen atoms in total. The number of amides is 1. The smallest absolute Gasteiger partial charge is 0.238 e. The van der Waals surface area contributed by atoms with Crippen LogP contribution in [0.2, 0.25) is 0 Å². The number of likely N-dealkylation sites (tertiary alicyclic amines) is 1. The minimum absolute atomic E-state index is 0.0974. The summed E-state index contributed by atoms with van der Waals surface area (Å²) in [6.45, 7) is 9.42. The van der Waals surface area contributed by atoms with Crippen molar-refractivity contribution in [2.24, 2.45) is 11.8 Å². The molecule has 1 N–H and O–H groups in total. The quantitative estimate of drug-likeness (QED) is 0.927. The normalized spacial score (nSPS) is 25.6. The Balaban J connectivity index is 1.51. The molecule has 0 radical (unpaired) electrons. The zero-order chi connectivity index (χ0) is 16.2. The Morgan fingerprint density at radius 3 is 2.30 bits per heavy atom. The van der Waals surface area contributed by atoms with Crippen LogP contribution in [0.5, 0.6) is 0 Å². The van der Waals surface area contributed by atoms with Crippen LogP contribution in [0.15, 0.2) is 24.3 Å². The van der Waals surface area contributed by atoms with Gasteiger partial charge in [-0.1, -0.05) is 13.8 Å². The number of carbonyl (C=O) groups excluding carboxylic acids is 1. The molecule has 0 unspecified atom stereocenters. The lowest BCUT2D eigenvalue weighted by Crippen LogP contribution is -2.42. The van der Waals surface area contributed by atoms with Crippen molar-refractivity contribution in [1.29, 1.82) is 0 Å². The van der Waals surface area contributed by atoms with Crippen molar-refractivity contribution in [1.82, 2.24) is 4.90 Å². The lowest BCUT2D eigenvalue weighted by atomic mass is 9.92. The van der Waals surface area contributed by atoms with Gasteiger partial charge in [-0.05, 0) is 55.4 Å². The number of nitrogens with one attached hydrogen (secondary N) is 1. The average Bonchev–Trinajstić information content (AvgIpc) is 3.01. The number of rotatable bonds is 4. The van der Waals surface area contributed by atoms with Gasteiger partial charge in [0.25, 0.3) is 0 Å². The Kier molecular flexibility index (Phi) is 5.21. The molecule has 2 atom stereocenters. The van der Waals surface area contributed by atoms with Crippen molar-refractivity contribution in [3.8, 4) is 0 Å². The third kappa shape index (κ3) is 4.47. The summed E-state index contributed by atoms with van der Waals surface area (Å²) in [5.41, 5.74) is 2.16. The van der Waals surface area contributed by atoms with Gasteiger partial charge >= 0.3 is 0 Å². The average molecular weight is 315 g/mol. The first-order valence-corrected chi connectivity index (χ1v) is 8.97. The SMILES string of the molecule is C[C@@H]1C[C@H](C)CN(CC(=O)Nc2ccc(N3CCCC3)cc2)C1. The molecule has 0 bridgehead atoms. The second kappa shape index (κ2) is 7.35. The van der Waals surface area contributed by atoms with Gasteiger partial charge in [-0.25, -0.2) is 0 Å². The Hall–Kier alpha value is -1.55. The Labute approximate surface area is 139 Å². The molecule has 3 rings (SSSR count). The molecule has 23 heavy (non-hydrogen) atoms. The van der Waals surface area contributed by atoms with Crippen LogP contribution in [0.3, 0.4) is 0 Å². The Bertz CT molecular complexity index is 512. The topological polar surface area (TPSA) is 35.6 Å². The van der Waals surface area contributed by atoms with E-state index in [1.807, 2.05) is 12.1 Å². The molecule has 2 fully saturated rings. The molecule has 0 spiro atoms. The van der Waals surface area contributed by atoms with Crippen LogP contribution < -0.4 is 10.2 Å². The lowest BCUT2D eigenvalue weighted by Gasteiger charge is -2.34. The van der Waals surface area contributed by atoms with Gasteiger partial charge in [-0.3, -0.25) is 9.69 Å². The molecule has 0 aromatic heterocycles. The van der Waals surface area contributed by atoms with E-state index in [4.69, 9.17) is 0 Å². The van der Waals surface area contributed by atoms with E-state index in [0.29, 0.717) is 18.4 Å². The van der Waals surface area contributed by atoms with Gasteiger partial charge < -0.3 is 10.2 Å². The highest BCUT2D eigenvalue weighted by atomic mass is 16.2. The summed E-state index contributed by atoms with van der Waals surface area (Å²) in [6, 6.07) is 8.28. The number of piperidine rings is 1. The summed E-state index contributed by atoms with van der Waals surface area (Å²) in [4.78, 5) is 17.0. The molecule has 2 aliphatic heterocycles. The zero-order valence-electron chi connectivity index (χ0n) is 14.4. The molecule has 1 aromatic carbocycles. The second-order valence-corrected chi connectivity index (χ2v) is 7.43. The summed E-state index contributed by atoms with van der Waals surface area (Å²) in [5, 5.41) is 3.04. The highest BCUT2D eigenvalue weighted by Crippen LogP contribution is 2.23. The lowest BCUT2D eigenvalue weighted by molar-refractivity contribution is -0.117. The van der Waals surface area contributed by atoms with E-state index in [2.05, 4.69) is 41.1 Å². The molecule has 0 aliphatic carbocycles. The van der Waals surface area contributed by atoms with Crippen LogP contribution in [0.25, 0.3) is 0 Å². The fourth-order valence-electron chi connectivity index (χ4n) is 4.06. The van der Waals surface area contributed by atoms with Crippen molar-refractivity contribution in [3.63, 3.8) is 0 Å². The van der Waals surface area contributed by atoms with Gasteiger partial charge in [0.1, 0.15) is 0 Å². The summed E-state index contributed by atoms with van der Waals surface area (Å²) < 4.78 is 0. The van der Waals surface area contributed by atoms with Crippen molar-refractivity contribution in [3.05, 3.63) is 24.3 Å². The highest BCUT2D eigenvalue weighted by molar-refractivity contribution is 5.92. The van der Waals surface area contributed by atoms with Crippen LogP contribution >= 0.6 is 0 Å². The predicted octanol–water partition coefficient (Wildman–Crippen LogP) is 3.20. The number of carbonyl (C=O) groups is 1. The van der Waals surface area contributed by atoms with Crippen molar-refractivity contribution in [2.45, 2.75) is 33.1 Å². The third-order valence-corrected chi connectivity index (χ3v) is 4.93. The fraction of sp³-hybridized carbons (Fsp3) is 0.632. The molecule has 126 valence electrons. The Morgan fingerprint density at radius 2 is 1.70 bits per heavy atom. The number of nitrogens with zero attached hydrogens (tertiary/aromatic N) is 2. The molecule has 2 saturated heterocycles. The minimum Gasteiger partial charge on any atom is -0.372 e. The first kappa shape index (κ1) is 16.3. The minimum atomic E-state index is 0.0974. The maximum Gasteiger partial charge on any atom is 0.238 e. The number of benzene rings is 1. The summed E-state index contributed by atoms with van der Waals surface area (Å²) >= 11 is 0. The van der Waals surface area contributed by atoms with Gasteiger partial charge in [-0.15, -0.1) is 0 Å². The molecular formula is C19H29N3O. The zero-order valence-corrected chi connectivity index (χ0v) is 14.4. The molecule has 1 amide bonds. The van der Waals surface area contributed by atoms with Gasteiger partial charge in [0.2, 0.25) is 5.91 Å². The van der Waals surface area contributed by atoms with E-state index in [1.165, 1.54) is 24.9 Å². The van der Waals surface area contributed by atoms with Crippen LogP contribution in [0, 0.1) is 11.8 Å². The largest absolute Gasteiger partial charge is 0.372 e. The Morgan fingerprint density at radius 1 is 1.09 bits per heavy atom. The van der Waals surface area contributed by atoms with Gasteiger partial charge in [0.15, 0.2) is 0 Å². The standard InChI is InChI=1S/C19H29N3O/c1-15-11-16(2)13-21(12-15)14-19(23)20-17-5-7-18(8-6-17)22-9-3-4-10-22/h5-8,15-16H,3-4,9-14H2,1-2H3,(H,20,23)/t15-,16+. The third-order valence-electron chi connectivity index (χ3n) is 4.93. The van der Waals surface area contributed by atoms with Crippen LogP contribution in [-0.2, 0) is 4.79 Å². The predicted molar refractivity (Wildman–Crippen MR) is 95.9 cm³/mol. The molecular weight excluding hydrogens is 286 g/mol. The van der Waals surface area contributed by atoms with Gasteiger partial charge in [-0.2, -0.15) is 0 Å². The van der Waals surface area contributed by atoms with Crippen LogP contribution in [-0.4, -0.2) is 43.5 Å². The van der Waals surface area contributed by atoms with Crippen molar-refractivity contribution in [2.75, 3.05) is 42.9 Å². The van der Waals surface area contributed by atoms with Gasteiger partial charge in [0.05, 0.1) is 6.54 Å². The number of hydrogen-bond acceptors (Lipinski definition) is 3. The highest BCUT2D eigenvalue weighted by Gasteiger charge is 2.23. The van der Waals surface area contributed by atoms with Crippen molar-refractivity contribution >= 4 is 17.3 Å². The summed E-state index contributed by atoms with van der Waals surface area (Å²) in [5.74, 6) is 1.47. The molecule has 2 aliphatic rings. The molecule has 1 aromatic rings. The van der Waals surface area contributed by atoms with E-state index >= 15 is 0 Å². The van der Waals surface area contributed by atoms with E-state index in [0.717, 1.165) is 31.9 Å². The van der Waals surface area contributed by atoms with E-state index < -0.39 is 0 Å². The van der Waals surface area contributed by atoms with Crippen LogP contribution in [0.1, 0.15) is 33.1 Å². The van der Waals surface area contributed by atoms with E-state index in [1.54, 1.807) is 0 Å². The first-order valence-electron chi connectivity index (χ1n) is 8.97. The number of anilines is 2. The maximum atomic E-state index is 12.3. The van der Waals surface area contributed by atoms with E-state index in [-0.39, 0.29) is 5.91 Å². The van der Waals surface area contributed by atoms with E-state index in [9.17, 15) is 4.79 Å². The molecule has 4 heteroatoms. The first-order chi connectivity index (χ1) is 11.1. The molecule has 2 heterocycles. The molecule has 0 saturated carbocycles.